The molecule has 2 heterocycles. The summed E-state index contributed by atoms with van der Waals surface area (Å²) in [6.45, 7) is 3.24. The topological polar surface area (TPSA) is 83.5 Å². The normalized spacial score (nSPS) is 16.1. The minimum Gasteiger partial charge on any atom is -0.353 e. The van der Waals surface area contributed by atoms with Crippen LogP contribution in [-0.2, 0) is 10.0 Å². The Balaban J connectivity index is 1.75. The van der Waals surface area contributed by atoms with E-state index in [0.717, 1.165) is 5.82 Å². The van der Waals surface area contributed by atoms with Crippen LogP contribution in [0.3, 0.4) is 0 Å². The van der Waals surface area contributed by atoms with Crippen LogP contribution in [0.25, 0.3) is 0 Å². The zero-order valence-electron chi connectivity index (χ0n) is 13.3. The van der Waals surface area contributed by atoms with Crippen LogP contribution >= 0.6 is 0 Å². The summed E-state index contributed by atoms with van der Waals surface area (Å²) >= 11 is 0. The van der Waals surface area contributed by atoms with E-state index in [1.807, 2.05) is 4.90 Å². The number of hydrogen-bond acceptors (Lipinski definition) is 6. The van der Waals surface area contributed by atoms with E-state index in [9.17, 15) is 13.2 Å². The SMILES string of the molecule is CC(=O)c1cccc(S(=O)(=O)N2CCN(c3cnccn3)CC2)c1. The molecule has 0 atom stereocenters. The highest BCUT2D eigenvalue weighted by Crippen LogP contribution is 2.20. The Hall–Kier alpha value is -2.32. The van der Waals surface area contributed by atoms with Crippen LogP contribution in [0, 0.1) is 0 Å². The Bertz CT molecular complexity index is 831. The number of benzene rings is 1. The lowest BCUT2D eigenvalue weighted by Crippen LogP contribution is -2.48. The van der Waals surface area contributed by atoms with Crippen molar-refractivity contribution in [3.63, 3.8) is 0 Å². The fraction of sp³-hybridized carbons (Fsp3) is 0.312. The highest BCUT2D eigenvalue weighted by Gasteiger charge is 2.29. The molecule has 126 valence electrons. The summed E-state index contributed by atoms with van der Waals surface area (Å²) in [7, 11) is -3.61. The number of carbonyl (C=O) groups is 1. The second-order valence-electron chi connectivity index (χ2n) is 5.54. The van der Waals surface area contributed by atoms with Gasteiger partial charge in [-0.05, 0) is 19.1 Å². The highest BCUT2D eigenvalue weighted by molar-refractivity contribution is 7.89. The van der Waals surface area contributed by atoms with Gasteiger partial charge in [0.1, 0.15) is 5.82 Å². The maximum absolute atomic E-state index is 12.8. The van der Waals surface area contributed by atoms with Gasteiger partial charge in [-0.15, -0.1) is 0 Å². The molecule has 0 amide bonds. The summed E-state index contributed by atoms with van der Waals surface area (Å²) in [6.07, 6.45) is 4.89. The summed E-state index contributed by atoms with van der Waals surface area (Å²) in [5.74, 6) is 0.590. The summed E-state index contributed by atoms with van der Waals surface area (Å²) in [5.41, 5.74) is 0.397. The largest absolute Gasteiger partial charge is 0.353 e. The van der Waals surface area contributed by atoms with Crippen molar-refractivity contribution in [2.45, 2.75) is 11.8 Å². The number of rotatable bonds is 4. The molecule has 0 aliphatic carbocycles. The van der Waals surface area contributed by atoms with Crippen LogP contribution in [-0.4, -0.2) is 54.7 Å². The number of aromatic nitrogens is 2. The third-order valence-electron chi connectivity index (χ3n) is 3.99. The van der Waals surface area contributed by atoms with Crippen molar-refractivity contribution in [2.24, 2.45) is 0 Å². The molecule has 0 unspecified atom stereocenters. The molecule has 1 fully saturated rings. The van der Waals surface area contributed by atoms with Crippen molar-refractivity contribution in [2.75, 3.05) is 31.1 Å². The van der Waals surface area contributed by atoms with Gasteiger partial charge < -0.3 is 4.90 Å². The van der Waals surface area contributed by atoms with Gasteiger partial charge >= 0.3 is 0 Å². The maximum atomic E-state index is 12.8. The second kappa shape index (κ2) is 6.66. The molecule has 1 aliphatic heterocycles. The summed E-state index contributed by atoms with van der Waals surface area (Å²) in [4.78, 5) is 21.9. The van der Waals surface area contributed by atoms with Crippen LogP contribution in [0.5, 0.6) is 0 Å². The minimum absolute atomic E-state index is 0.153. The van der Waals surface area contributed by atoms with Crippen LogP contribution in [0.2, 0.25) is 0 Å². The van der Waals surface area contributed by atoms with Crippen molar-refractivity contribution in [3.05, 3.63) is 48.4 Å². The van der Waals surface area contributed by atoms with E-state index in [1.54, 1.807) is 30.7 Å². The lowest BCUT2D eigenvalue weighted by molar-refractivity contribution is 0.101. The van der Waals surface area contributed by atoms with Gasteiger partial charge in [-0.2, -0.15) is 4.31 Å². The number of carbonyl (C=O) groups excluding carboxylic acids is 1. The van der Waals surface area contributed by atoms with Gasteiger partial charge in [0.05, 0.1) is 11.1 Å². The van der Waals surface area contributed by atoms with Crippen molar-refractivity contribution in [1.29, 1.82) is 0 Å². The summed E-state index contributed by atoms with van der Waals surface area (Å²) < 4.78 is 27.0. The first-order chi connectivity index (χ1) is 11.5. The maximum Gasteiger partial charge on any atom is 0.243 e. The van der Waals surface area contributed by atoms with E-state index < -0.39 is 10.0 Å². The number of anilines is 1. The quantitative estimate of drug-likeness (QED) is 0.773. The summed E-state index contributed by atoms with van der Waals surface area (Å²) in [5, 5.41) is 0. The third kappa shape index (κ3) is 3.29. The van der Waals surface area contributed by atoms with E-state index in [-0.39, 0.29) is 10.7 Å². The average molecular weight is 346 g/mol. The third-order valence-corrected chi connectivity index (χ3v) is 5.89. The predicted octanol–water partition coefficient (Wildman–Crippen LogP) is 1.19. The molecule has 1 saturated heterocycles. The number of Topliss-reactive ketones (excluding diaryl/α,β-unsaturated/α-hetero) is 1. The molecule has 2 aromatic rings. The van der Waals surface area contributed by atoms with Gasteiger partial charge in [0.2, 0.25) is 10.0 Å². The van der Waals surface area contributed by atoms with E-state index in [4.69, 9.17) is 0 Å². The molecule has 0 bridgehead atoms. The van der Waals surface area contributed by atoms with Crippen LogP contribution in [0.4, 0.5) is 5.82 Å². The highest BCUT2D eigenvalue weighted by atomic mass is 32.2. The monoisotopic (exact) mass is 346 g/mol. The standard InChI is InChI=1S/C16H18N4O3S/c1-13(21)14-3-2-4-15(11-14)24(22,23)20-9-7-19(8-10-20)16-12-17-5-6-18-16/h2-6,11-12H,7-10H2,1H3. The van der Waals surface area contributed by atoms with Crippen molar-refractivity contribution < 1.29 is 13.2 Å². The molecule has 1 aliphatic rings. The van der Waals surface area contributed by atoms with Gasteiger partial charge in [0.15, 0.2) is 5.78 Å². The molecule has 0 saturated carbocycles. The van der Waals surface area contributed by atoms with Gasteiger partial charge in [-0.3, -0.25) is 9.78 Å². The van der Waals surface area contributed by atoms with Crippen molar-refractivity contribution in [3.8, 4) is 0 Å². The molecule has 3 rings (SSSR count). The first-order valence-corrected chi connectivity index (χ1v) is 9.04. The second-order valence-corrected chi connectivity index (χ2v) is 7.48. The summed E-state index contributed by atoms with van der Waals surface area (Å²) in [6, 6.07) is 6.18. The van der Waals surface area contributed by atoms with E-state index >= 15 is 0 Å². The Morgan fingerprint density at radius 2 is 1.88 bits per heavy atom. The van der Waals surface area contributed by atoms with Crippen molar-refractivity contribution in [1.82, 2.24) is 14.3 Å². The molecule has 7 nitrogen and oxygen atoms in total. The van der Waals surface area contributed by atoms with E-state index in [1.165, 1.54) is 23.4 Å². The predicted molar refractivity (Wildman–Crippen MR) is 89.5 cm³/mol. The van der Waals surface area contributed by atoms with Gasteiger partial charge in [0.25, 0.3) is 0 Å². The number of sulfonamides is 1. The number of nitrogens with zero attached hydrogens (tertiary/aromatic N) is 4. The van der Waals surface area contributed by atoms with Crippen LogP contribution in [0.1, 0.15) is 17.3 Å². The molecular weight excluding hydrogens is 328 g/mol. The molecular formula is C16H18N4O3S. The first kappa shape index (κ1) is 16.5. The Kier molecular flexibility index (Phi) is 4.59. The smallest absolute Gasteiger partial charge is 0.243 e. The first-order valence-electron chi connectivity index (χ1n) is 7.60. The molecule has 8 heteroatoms. The number of piperazine rings is 1. The Labute approximate surface area is 141 Å². The van der Waals surface area contributed by atoms with Crippen LogP contribution in [0.15, 0.2) is 47.8 Å². The number of hydrogen-bond donors (Lipinski definition) is 0. The zero-order valence-corrected chi connectivity index (χ0v) is 14.1. The molecule has 0 radical (unpaired) electrons. The van der Waals surface area contributed by atoms with Gasteiger partial charge in [0, 0.05) is 44.1 Å². The Morgan fingerprint density at radius 1 is 1.12 bits per heavy atom. The van der Waals surface area contributed by atoms with E-state index in [2.05, 4.69) is 9.97 Å². The molecule has 0 N–H and O–H groups in total. The minimum atomic E-state index is -3.61. The van der Waals surface area contributed by atoms with Gasteiger partial charge in [-0.25, -0.2) is 13.4 Å². The number of ketones is 1. The zero-order chi connectivity index (χ0) is 17.2. The lowest BCUT2D eigenvalue weighted by atomic mass is 10.2. The van der Waals surface area contributed by atoms with Gasteiger partial charge in [-0.1, -0.05) is 12.1 Å². The molecule has 24 heavy (non-hydrogen) atoms. The van der Waals surface area contributed by atoms with E-state index in [0.29, 0.717) is 31.7 Å². The fourth-order valence-electron chi connectivity index (χ4n) is 2.64. The fourth-order valence-corrected chi connectivity index (χ4v) is 4.11. The van der Waals surface area contributed by atoms with Crippen LogP contribution < -0.4 is 4.90 Å². The molecule has 0 spiro atoms. The molecule has 1 aromatic carbocycles. The Morgan fingerprint density at radius 3 is 2.50 bits per heavy atom. The average Bonchev–Trinajstić information content (AvgIpc) is 2.62. The van der Waals surface area contributed by atoms with Crippen molar-refractivity contribution >= 4 is 21.6 Å². The lowest BCUT2D eigenvalue weighted by Gasteiger charge is -2.34. The molecule has 1 aromatic heterocycles.